The first-order valence-corrected chi connectivity index (χ1v) is 16.8. The molecule has 1 aliphatic heterocycles. The second kappa shape index (κ2) is 13.6. The van der Waals surface area contributed by atoms with Gasteiger partial charge in [-0.2, -0.15) is 0 Å². The normalized spacial score (nSPS) is 14.5. The van der Waals surface area contributed by atoms with Gasteiger partial charge in [-0.05, 0) is 62.1 Å². The molecule has 0 spiro atoms. The molecule has 2 aromatic heterocycles. The van der Waals surface area contributed by atoms with Crippen LogP contribution in [-0.2, 0) is 14.3 Å². The molecule has 10 heteroatoms. The van der Waals surface area contributed by atoms with Gasteiger partial charge in [-0.25, -0.2) is 14.6 Å². The summed E-state index contributed by atoms with van der Waals surface area (Å²) >= 11 is 2.83. The third-order valence-corrected chi connectivity index (χ3v) is 9.09. The summed E-state index contributed by atoms with van der Waals surface area (Å²) in [6.45, 7) is 3.97. The van der Waals surface area contributed by atoms with E-state index in [1.54, 1.807) is 66.6 Å². The van der Waals surface area contributed by atoms with Gasteiger partial charge in [-0.15, -0.1) is 11.8 Å². The molecule has 0 aliphatic carbocycles. The van der Waals surface area contributed by atoms with E-state index in [0.29, 0.717) is 43.3 Å². The number of carbonyl (C=O) groups excluding carboxylic acids is 2. The Balaban J connectivity index is 1.50. The minimum atomic E-state index is -0.763. The van der Waals surface area contributed by atoms with Crippen LogP contribution in [0.2, 0.25) is 0 Å². The molecule has 0 N–H and O–H groups in total. The zero-order chi connectivity index (χ0) is 32.2. The lowest BCUT2D eigenvalue weighted by Crippen LogP contribution is -2.40. The Kier molecular flexibility index (Phi) is 9.18. The summed E-state index contributed by atoms with van der Waals surface area (Å²) in [5, 5.41) is 0. The van der Waals surface area contributed by atoms with Crippen LogP contribution < -0.4 is 14.9 Å². The number of thiazole rings is 1. The van der Waals surface area contributed by atoms with E-state index >= 15 is 0 Å². The number of hydrogen-bond acceptors (Lipinski definition) is 9. The van der Waals surface area contributed by atoms with Gasteiger partial charge in [0.25, 0.3) is 5.56 Å². The summed E-state index contributed by atoms with van der Waals surface area (Å²) in [5.74, 6) is 0.0504. The summed E-state index contributed by atoms with van der Waals surface area (Å²) in [4.78, 5) is 46.5. The van der Waals surface area contributed by atoms with Crippen LogP contribution in [0.3, 0.4) is 0 Å². The lowest BCUT2D eigenvalue weighted by atomic mass is 9.93. The van der Waals surface area contributed by atoms with Crippen molar-refractivity contribution in [3.63, 3.8) is 0 Å². The minimum Gasteiger partial charge on any atom is -0.463 e. The maximum atomic E-state index is 14.2. The second-order valence-corrected chi connectivity index (χ2v) is 12.1. The zero-order valence-electron chi connectivity index (χ0n) is 25.4. The molecule has 5 aromatic rings. The first-order chi connectivity index (χ1) is 22.4. The summed E-state index contributed by atoms with van der Waals surface area (Å²) in [7, 11) is 0. The van der Waals surface area contributed by atoms with Gasteiger partial charge in [-0.1, -0.05) is 65.9 Å². The monoisotopic (exact) mass is 650 g/mol. The van der Waals surface area contributed by atoms with Crippen molar-refractivity contribution >= 4 is 46.8 Å². The molecular weight excluding hydrogens is 621 g/mol. The topological polar surface area (TPSA) is 100 Å². The van der Waals surface area contributed by atoms with Crippen LogP contribution in [0, 0.1) is 0 Å². The minimum absolute atomic E-state index is 0.177. The number of nitrogens with zero attached hydrogens (tertiary/aromatic N) is 2. The van der Waals surface area contributed by atoms with E-state index in [0.717, 1.165) is 16.0 Å². The molecule has 1 atom stereocenters. The van der Waals surface area contributed by atoms with Crippen molar-refractivity contribution in [2.45, 2.75) is 24.8 Å². The molecule has 3 aromatic carbocycles. The van der Waals surface area contributed by atoms with Gasteiger partial charge in [0.1, 0.15) is 11.5 Å². The molecule has 0 bridgehead atoms. The summed E-state index contributed by atoms with van der Waals surface area (Å²) < 4.78 is 18.7. The summed E-state index contributed by atoms with van der Waals surface area (Å²) in [5.41, 5.74) is 3.08. The van der Waals surface area contributed by atoms with Crippen molar-refractivity contribution in [3.05, 3.63) is 139 Å². The first kappa shape index (κ1) is 31.1. The van der Waals surface area contributed by atoms with Crippen LogP contribution in [0.25, 0.3) is 23.1 Å². The quantitative estimate of drug-likeness (QED) is 0.141. The van der Waals surface area contributed by atoms with Crippen LogP contribution in [0.4, 0.5) is 0 Å². The third kappa shape index (κ3) is 6.14. The van der Waals surface area contributed by atoms with Gasteiger partial charge < -0.3 is 13.9 Å². The van der Waals surface area contributed by atoms with E-state index in [9.17, 15) is 14.4 Å². The number of carbonyl (C=O) groups is 2. The predicted octanol–water partition coefficient (Wildman–Crippen LogP) is 6.09. The second-order valence-electron chi connectivity index (χ2n) is 10.2. The standard InChI is InChI=1S/C36H30N2O6S2/c1-4-42-34(40)25-13-9-12-24(20-25)28-19-16-26(44-28)21-29-33(39)38-32(23-14-17-27(45-3)18-15-23)30(35(41)43-5-2)31(37-36(38)46-29)22-10-7-6-8-11-22/h6-21,32H,4-5H2,1-3H3/b29-21-/t32-/m0/s1. The number of esters is 2. The van der Waals surface area contributed by atoms with Gasteiger partial charge in [0.2, 0.25) is 0 Å². The predicted molar refractivity (Wildman–Crippen MR) is 179 cm³/mol. The number of hydrogen-bond donors (Lipinski definition) is 0. The Bertz CT molecular complexity index is 2130. The van der Waals surface area contributed by atoms with Gasteiger partial charge >= 0.3 is 11.9 Å². The number of rotatable bonds is 9. The number of benzene rings is 3. The molecule has 0 unspecified atom stereocenters. The van der Waals surface area contributed by atoms with Gasteiger partial charge in [0.05, 0.1) is 40.6 Å². The summed E-state index contributed by atoms with van der Waals surface area (Å²) in [6.07, 6.45) is 3.67. The number of furan rings is 1. The van der Waals surface area contributed by atoms with Crippen molar-refractivity contribution in [2.24, 2.45) is 4.99 Å². The van der Waals surface area contributed by atoms with E-state index in [4.69, 9.17) is 18.9 Å². The lowest BCUT2D eigenvalue weighted by Gasteiger charge is -2.26. The Morgan fingerprint density at radius 3 is 2.35 bits per heavy atom. The molecule has 0 fully saturated rings. The molecule has 0 saturated heterocycles. The van der Waals surface area contributed by atoms with E-state index in [-0.39, 0.29) is 18.8 Å². The van der Waals surface area contributed by atoms with Gasteiger partial charge in [-0.3, -0.25) is 9.36 Å². The number of aromatic nitrogens is 1. The number of fused-ring (bicyclic) bond motifs is 1. The molecule has 1 aliphatic rings. The fourth-order valence-electron chi connectivity index (χ4n) is 5.27. The third-order valence-electron chi connectivity index (χ3n) is 7.36. The molecule has 0 radical (unpaired) electrons. The molecule has 0 saturated carbocycles. The largest absolute Gasteiger partial charge is 0.463 e. The fraction of sp³-hybridized carbons (Fsp3) is 0.167. The molecular formula is C36H30N2O6S2. The molecule has 3 heterocycles. The average molecular weight is 651 g/mol. The number of ether oxygens (including phenoxy) is 2. The average Bonchev–Trinajstić information content (AvgIpc) is 3.68. The smallest absolute Gasteiger partial charge is 0.338 e. The Morgan fingerprint density at radius 1 is 0.913 bits per heavy atom. The van der Waals surface area contributed by atoms with E-state index in [1.807, 2.05) is 66.9 Å². The van der Waals surface area contributed by atoms with Crippen molar-refractivity contribution in [1.29, 1.82) is 0 Å². The Morgan fingerprint density at radius 2 is 1.63 bits per heavy atom. The highest BCUT2D eigenvalue weighted by Gasteiger charge is 2.35. The molecule has 6 rings (SSSR count). The first-order valence-electron chi connectivity index (χ1n) is 14.7. The molecule has 8 nitrogen and oxygen atoms in total. The highest BCUT2D eigenvalue weighted by atomic mass is 32.2. The van der Waals surface area contributed by atoms with E-state index in [1.165, 1.54) is 11.3 Å². The van der Waals surface area contributed by atoms with Gasteiger partial charge in [0, 0.05) is 22.1 Å². The molecule has 0 amide bonds. The Labute approximate surface area is 273 Å². The molecule has 46 heavy (non-hydrogen) atoms. The Hall–Kier alpha value is -4.93. The highest BCUT2D eigenvalue weighted by molar-refractivity contribution is 7.98. The zero-order valence-corrected chi connectivity index (χ0v) is 27.0. The van der Waals surface area contributed by atoms with Gasteiger partial charge in [0.15, 0.2) is 4.80 Å². The van der Waals surface area contributed by atoms with Crippen LogP contribution in [0.5, 0.6) is 0 Å². The van der Waals surface area contributed by atoms with Crippen LogP contribution in [0.1, 0.15) is 47.1 Å². The van der Waals surface area contributed by atoms with Crippen LogP contribution >= 0.6 is 23.1 Å². The van der Waals surface area contributed by atoms with Crippen molar-refractivity contribution in [1.82, 2.24) is 4.57 Å². The van der Waals surface area contributed by atoms with Crippen molar-refractivity contribution < 1.29 is 23.5 Å². The van der Waals surface area contributed by atoms with E-state index < -0.39 is 18.0 Å². The van der Waals surface area contributed by atoms with Crippen molar-refractivity contribution in [3.8, 4) is 11.3 Å². The van der Waals surface area contributed by atoms with Crippen molar-refractivity contribution in [2.75, 3.05) is 19.5 Å². The SMILES string of the molecule is CCOC(=O)C1=C(c2ccccc2)N=c2s/c(=C\c3ccc(-c4cccc(C(=O)OCC)c4)o3)c(=O)n2[C@H]1c1ccc(SC)cc1. The summed E-state index contributed by atoms with van der Waals surface area (Å²) in [6, 6.07) is 27.0. The maximum absolute atomic E-state index is 14.2. The van der Waals surface area contributed by atoms with Crippen LogP contribution in [-0.4, -0.2) is 36.0 Å². The lowest BCUT2D eigenvalue weighted by molar-refractivity contribution is -0.138. The molecule has 232 valence electrons. The fourth-order valence-corrected chi connectivity index (χ4v) is 6.66. The number of thioether (sulfide) groups is 1. The van der Waals surface area contributed by atoms with Crippen LogP contribution in [0.15, 0.2) is 116 Å². The maximum Gasteiger partial charge on any atom is 0.338 e. The van der Waals surface area contributed by atoms with E-state index in [2.05, 4.69) is 0 Å². The highest BCUT2D eigenvalue weighted by Crippen LogP contribution is 2.35.